The van der Waals surface area contributed by atoms with Gasteiger partial charge in [0.2, 0.25) is 11.8 Å². The van der Waals surface area contributed by atoms with Gasteiger partial charge in [-0.1, -0.05) is 54.1 Å². The SMILES string of the molecule is O=C(C[C@H](CNC(=O)[C@@H]1CSCN1)c1ccc(Cl)cc1)N[C@H](C(=O)O)c1ccccc1. The molecular weight excluding hydrogens is 438 g/mol. The highest BCUT2D eigenvalue weighted by molar-refractivity contribution is 7.99. The van der Waals surface area contributed by atoms with Gasteiger partial charge < -0.3 is 15.7 Å². The third-order valence-electron chi connectivity index (χ3n) is 5.01. The topological polar surface area (TPSA) is 108 Å². The molecule has 9 heteroatoms. The summed E-state index contributed by atoms with van der Waals surface area (Å²) in [6.45, 7) is 0.250. The summed E-state index contributed by atoms with van der Waals surface area (Å²) in [4.78, 5) is 36.8. The van der Waals surface area contributed by atoms with Crippen LogP contribution in [0.4, 0.5) is 0 Å². The molecule has 4 N–H and O–H groups in total. The molecule has 0 radical (unpaired) electrons. The number of hydrogen-bond donors (Lipinski definition) is 4. The molecule has 2 aromatic carbocycles. The second-order valence-electron chi connectivity index (χ2n) is 7.22. The number of amides is 2. The van der Waals surface area contributed by atoms with Crippen molar-refractivity contribution in [3.8, 4) is 0 Å². The van der Waals surface area contributed by atoms with Crippen molar-refractivity contribution >= 4 is 41.1 Å². The van der Waals surface area contributed by atoms with Crippen LogP contribution in [0.1, 0.15) is 29.5 Å². The van der Waals surface area contributed by atoms with E-state index in [-0.39, 0.29) is 30.8 Å². The van der Waals surface area contributed by atoms with Gasteiger partial charge in [-0.15, -0.1) is 11.8 Å². The average Bonchev–Trinajstić information content (AvgIpc) is 3.31. The molecule has 1 aliphatic rings. The number of halogens is 1. The van der Waals surface area contributed by atoms with Gasteiger partial charge >= 0.3 is 5.97 Å². The monoisotopic (exact) mass is 461 g/mol. The quantitative estimate of drug-likeness (QED) is 0.457. The van der Waals surface area contributed by atoms with Crippen molar-refractivity contribution in [2.45, 2.75) is 24.4 Å². The maximum absolute atomic E-state index is 12.8. The lowest BCUT2D eigenvalue weighted by Crippen LogP contribution is -2.44. The molecule has 0 aromatic heterocycles. The minimum absolute atomic E-state index is 0.0192. The van der Waals surface area contributed by atoms with E-state index >= 15 is 0 Å². The number of thioether (sulfide) groups is 1. The minimum atomic E-state index is -1.14. The van der Waals surface area contributed by atoms with Gasteiger partial charge in [-0.05, 0) is 23.3 Å². The number of carbonyl (C=O) groups excluding carboxylic acids is 2. The van der Waals surface area contributed by atoms with E-state index in [1.165, 1.54) is 0 Å². The van der Waals surface area contributed by atoms with Gasteiger partial charge in [0.1, 0.15) is 0 Å². The third kappa shape index (κ3) is 6.72. The van der Waals surface area contributed by atoms with Crippen molar-refractivity contribution in [2.75, 3.05) is 18.2 Å². The predicted octanol–water partition coefficient (Wildman–Crippen LogP) is 2.53. The van der Waals surface area contributed by atoms with E-state index in [4.69, 9.17) is 11.6 Å². The molecule has 2 amide bonds. The number of carboxylic acids is 1. The second kappa shape index (κ2) is 11.2. The predicted molar refractivity (Wildman–Crippen MR) is 121 cm³/mol. The Kier molecular flexibility index (Phi) is 8.34. The Morgan fingerprint density at radius 2 is 1.81 bits per heavy atom. The first kappa shape index (κ1) is 23.1. The molecule has 3 atom stereocenters. The summed E-state index contributed by atoms with van der Waals surface area (Å²) < 4.78 is 0. The van der Waals surface area contributed by atoms with Gasteiger partial charge in [-0.3, -0.25) is 14.9 Å². The van der Waals surface area contributed by atoms with Crippen molar-refractivity contribution < 1.29 is 19.5 Å². The molecule has 164 valence electrons. The normalized spacial score (nSPS) is 17.5. The smallest absolute Gasteiger partial charge is 0.330 e. The summed E-state index contributed by atoms with van der Waals surface area (Å²) in [5.74, 6) is -0.565. The van der Waals surface area contributed by atoms with Crippen molar-refractivity contribution in [3.63, 3.8) is 0 Å². The summed E-state index contributed by atoms with van der Waals surface area (Å²) in [6, 6.07) is 14.2. The first-order valence-electron chi connectivity index (χ1n) is 9.85. The lowest BCUT2D eigenvalue weighted by Gasteiger charge is -2.21. The molecule has 1 heterocycles. The van der Waals surface area contributed by atoms with Crippen LogP contribution >= 0.6 is 23.4 Å². The average molecular weight is 462 g/mol. The van der Waals surface area contributed by atoms with E-state index < -0.39 is 17.9 Å². The maximum atomic E-state index is 12.8. The van der Waals surface area contributed by atoms with Crippen molar-refractivity contribution in [2.24, 2.45) is 0 Å². The fourth-order valence-corrected chi connectivity index (χ4v) is 4.40. The fourth-order valence-electron chi connectivity index (χ4n) is 3.33. The Morgan fingerprint density at radius 1 is 1.10 bits per heavy atom. The zero-order valence-corrected chi connectivity index (χ0v) is 18.3. The summed E-state index contributed by atoms with van der Waals surface area (Å²) in [7, 11) is 0. The van der Waals surface area contributed by atoms with Crippen LogP contribution in [0.2, 0.25) is 5.02 Å². The molecule has 3 rings (SSSR count). The van der Waals surface area contributed by atoms with Gasteiger partial charge in [0.15, 0.2) is 6.04 Å². The van der Waals surface area contributed by atoms with Gasteiger partial charge in [-0.25, -0.2) is 4.79 Å². The first-order valence-corrected chi connectivity index (χ1v) is 11.4. The molecule has 0 unspecified atom stereocenters. The van der Waals surface area contributed by atoms with Crippen LogP contribution in [-0.4, -0.2) is 47.1 Å². The van der Waals surface area contributed by atoms with Crippen LogP contribution in [0.15, 0.2) is 54.6 Å². The molecule has 7 nitrogen and oxygen atoms in total. The Balaban J connectivity index is 1.69. The lowest BCUT2D eigenvalue weighted by atomic mass is 9.94. The van der Waals surface area contributed by atoms with Gasteiger partial charge in [0.25, 0.3) is 0 Å². The van der Waals surface area contributed by atoms with Crippen LogP contribution < -0.4 is 16.0 Å². The molecule has 0 aliphatic carbocycles. The number of carboxylic acid groups (broad SMARTS) is 1. The van der Waals surface area contributed by atoms with Crippen LogP contribution in [0.5, 0.6) is 0 Å². The summed E-state index contributed by atoms with van der Waals surface area (Å²) in [5.41, 5.74) is 1.32. The molecule has 1 fully saturated rings. The van der Waals surface area contributed by atoms with E-state index in [0.29, 0.717) is 16.3 Å². The van der Waals surface area contributed by atoms with E-state index in [0.717, 1.165) is 11.4 Å². The van der Waals surface area contributed by atoms with Gasteiger partial charge in [0, 0.05) is 35.5 Å². The van der Waals surface area contributed by atoms with Crippen LogP contribution in [0.3, 0.4) is 0 Å². The first-order chi connectivity index (χ1) is 14.9. The summed E-state index contributed by atoms with van der Waals surface area (Å²) in [6.07, 6.45) is 0.0192. The molecule has 0 spiro atoms. The Hall–Kier alpha value is -2.55. The molecule has 0 bridgehead atoms. The second-order valence-corrected chi connectivity index (χ2v) is 8.69. The van der Waals surface area contributed by atoms with E-state index in [9.17, 15) is 19.5 Å². The van der Waals surface area contributed by atoms with Gasteiger partial charge in [-0.2, -0.15) is 0 Å². The van der Waals surface area contributed by atoms with E-state index in [1.807, 2.05) is 12.1 Å². The highest BCUT2D eigenvalue weighted by Crippen LogP contribution is 2.23. The maximum Gasteiger partial charge on any atom is 0.330 e. The summed E-state index contributed by atoms with van der Waals surface area (Å²) in [5, 5.41) is 18.7. The zero-order valence-electron chi connectivity index (χ0n) is 16.7. The van der Waals surface area contributed by atoms with Crippen LogP contribution in [0, 0.1) is 0 Å². The Bertz CT molecular complexity index is 905. The third-order valence-corrected chi connectivity index (χ3v) is 6.21. The zero-order chi connectivity index (χ0) is 22.2. The van der Waals surface area contributed by atoms with Crippen LogP contribution in [-0.2, 0) is 14.4 Å². The number of benzene rings is 2. The standard InChI is InChI=1S/C22H24ClN3O4S/c23-17-8-6-14(7-9-17)16(11-24-21(28)18-12-31-13-25-18)10-19(27)26-20(22(29)30)15-4-2-1-3-5-15/h1-9,16,18,20,25H,10-13H2,(H,24,28)(H,26,27)(H,29,30)/t16-,18+,20+/m1/s1. The number of aliphatic carboxylic acids is 1. The number of rotatable bonds is 9. The summed E-state index contributed by atoms with van der Waals surface area (Å²) >= 11 is 7.64. The molecule has 0 saturated carbocycles. The molecule has 1 saturated heterocycles. The van der Waals surface area contributed by atoms with Crippen molar-refractivity contribution in [3.05, 3.63) is 70.7 Å². The molecule has 2 aromatic rings. The molecular formula is C22H24ClN3O4S. The number of nitrogens with one attached hydrogen (secondary N) is 3. The number of carbonyl (C=O) groups is 3. The van der Waals surface area contributed by atoms with Crippen molar-refractivity contribution in [1.29, 1.82) is 0 Å². The highest BCUT2D eigenvalue weighted by atomic mass is 35.5. The minimum Gasteiger partial charge on any atom is -0.479 e. The lowest BCUT2D eigenvalue weighted by molar-refractivity contribution is -0.142. The largest absolute Gasteiger partial charge is 0.479 e. The Morgan fingerprint density at radius 3 is 2.42 bits per heavy atom. The fraction of sp³-hybridized carbons (Fsp3) is 0.318. The Labute approximate surface area is 189 Å². The highest BCUT2D eigenvalue weighted by Gasteiger charge is 2.26. The number of hydrogen-bond acceptors (Lipinski definition) is 5. The van der Waals surface area contributed by atoms with Gasteiger partial charge in [0.05, 0.1) is 6.04 Å². The molecule has 1 aliphatic heterocycles. The van der Waals surface area contributed by atoms with Crippen molar-refractivity contribution in [1.82, 2.24) is 16.0 Å². The molecule has 31 heavy (non-hydrogen) atoms. The van der Waals surface area contributed by atoms with Crippen LogP contribution in [0.25, 0.3) is 0 Å². The van der Waals surface area contributed by atoms with E-state index in [2.05, 4.69) is 16.0 Å². The van der Waals surface area contributed by atoms with E-state index in [1.54, 1.807) is 54.2 Å².